The van der Waals surface area contributed by atoms with Gasteiger partial charge in [0, 0.05) is 25.6 Å². The topological polar surface area (TPSA) is 95.9 Å². The monoisotopic (exact) mass is 412 g/mol. The molecule has 1 aromatic rings. The maximum absolute atomic E-state index is 12.3. The number of hydrogen-bond donors (Lipinski definition) is 2. The van der Waals surface area contributed by atoms with E-state index in [1.807, 2.05) is 38.1 Å². The summed E-state index contributed by atoms with van der Waals surface area (Å²) in [5.74, 6) is 0.498. The highest BCUT2D eigenvalue weighted by Gasteiger charge is 2.30. The minimum atomic E-state index is -3.21. The SMILES string of the molecule is CCCCS(=O)(=O)N1CCC(C(=O)NCC(O)COc2cccc(C)c2)CC1. The van der Waals surface area contributed by atoms with Gasteiger partial charge in [-0.1, -0.05) is 25.5 Å². The minimum absolute atomic E-state index is 0.0951. The number of rotatable bonds is 10. The van der Waals surface area contributed by atoms with Gasteiger partial charge in [-0.25, -0.2) is 12.7 Å². The number of aliphatic hydroxyl groups excluding tert-OH is 1. The molecule has 1 atom stereocenters. The van der Waals surface area contributed by atoms with Gasteiger partial charge in [-0.3, -0.25) is 4.79 Å². The van der Waals surface area contributed by atoms with E-state index in [-0.39, 0.29) is 30.7 Å². The molecule has 1 fully saturated rings. The van der Waals surface area contributed by atoms with Crippen LogP contribution in [0.25, 0.3) is 0 Å². The van der Waals surface area contributed by atoms with Gasteiger partial charge in [0.1, 0.15) is 18.5 Å². The average molecular weight is 413 g/mol. The fraction of sp³-hybridized carbons (Fsp3) is 0.650. The fourth-order valence-corrected chi connectivity index (χ4v) is 4.85. The molecule has 1 aliphatic heterocycles. The van der Waals surface area contributed by atoms with Crippen molar-refractivity contribution in [2.24, 2.45) is 5.92 Å². The molecule has 1 amide bonds. The van der Waals surface area contributed by atoms with Gasteiger partial charge in [0.05, 0.1) is 5.75 Å². The van der Waals surface area contributed by atoms with E-state index in [1.54, 1.807) is 0 Å². The Morgan fingerprint density at radius 1 is 1.36 bits per heavy atom. The van der Waals surface area contributed by atoms with Crippen molar-refractivity contribution in [3.05, 3.63) is 29.8 Å². The van der Waals surface area contributed by atoms with Crippen LogP contribution in [0, 0.1) is 12.8 Å². The van der Waals surface area contributed by atoms with E-state index < -0.39 is 16.1 Å². The molecule has 7 nitrogen and oxygen atoms in total. The third-order valence-corrected chi connectivity index (χ3v) is 6.87. The second-order valence-corrected chi connectivity index (χ2v) is 9.46. The molecule has 1 heterocycles. The number of unbranched alkanes of at least 4 members (excludes halogenated alkanes) is 1. The molecule has 1 unspecified atom stereocenters. The van der Waals surface area contributed by atoms with Crippen LogP contribution in [-0.4, -0.2) is 61.8 Å². The van der Waals surface area contributed by atoms with Crippen molar-refractivity contribution in [1.82, 2.24) is 9.62 Å². The van der Waals surface area contributed by atoms with Crippen LogP contribution in [0.2, 0.25) is 0 Å². The zero-order valence-corrected chi connectivity index (χ0v) is 17.6. The highest BCUT2D eigenvalue weighted by molar-refractivity contribution is 7.89. The van der Waals surface area contributed by atoms with E-state index >= 15 is 0 Å². The summed E-state index contributed by atoms with van der Waals surface area (Å²) in [6.07, 6.45) is 1.71. The maximum Gasteiger partial charge on any atom is 0.223 e. The van der Waals surface area contributed by atoms with Crippen LogP contribution in [0.5, 0.6) is 5.75 Å². The van der Waals surface area contributed by atoms with E-state index in [9.17, 15) is 18.3 Å². The lowest BCUT2D eigenvalue weighted by Gasteiger charge is -2.30. The maximum atomic E-state index is 12.3. The molecular formula is C20H32N2O5S. The average Bonchev–Trinajstić information content (AvgIpc) is 2.69. The van der Waals surface area contributed by atoms with Crippen molar-refractivity contribution < 1.29 is 23.1 Å². The Balaban J connectivity index is 1.69. The number of benzene rings is 1. The van der Waals surface area contributed by atoms with Gasteiger partial charge in [-0.2, -0.15) is 0 Å². The molecule has 1 saturated heterocycles. The highest BCUT2D eigenvalue weighted by atomic mass is 32.2. The van der Waals surface area contributed by atoms with Crippen molar-refractivity contribution in [1.29, 1.82) is 0 Å². The first-order valence-corrected chi connectivity index (χ1v) is 11.6. The third kappa shape index (κ3) is 7.07. The normalized spacial score (nSPS) is 17.2. The Morgan fingerprint density at radius 2 is 2.07 bits per heavy atom. The van der Waals surface area contributed by atoms with E-state index in [4.69, 9.17) is 4.74 Å². The molecule has 158 valence electrons. The van der Waals surface area contributed by atoms with Crippen LogP contribution in [0.4, 0.5) is 0 Å². The standard InChI is InChI=1S/C20H32N2O5S/c1-3-4-12-28(25,26)22-10-8-17(9-11-22)20(24)21-14-18(23)15-27-19-7-5-6-16(2)13-19/h5-7,13,17-18,23H,3-4,8-12,14-15H2,1-2H3,(H,21,24). The first kappa shape index (κ1) is 22.6. The number of aryl methyl sites for hydroxylation is 1. The number of aliphatic hydroxyl groups is 1. The smallest absolute Gasteiger partial charge is 0.223 e. The zero-order chi connectivity index (χ0) is 20.6. The number of amides is 1. The van der Waals surface area contributed by atoms with Crippen LogP contribution in [0.3, 0.4) is 0 Å². The number of carbonyl (C=O) groups excluding carboxylic acids is 1. The molecule has 1 aliphatic rings. The molecule has 2 rings (SSSR count). The van der Waals surface area contributed by atoms with Crippen molar-refractivity contribution in [2.45, 2.75) is 45.6 Å². The van der Waals surface area contributed by atoms with Crippen molar-refractivity contribution in [2.75, 3.05) is 32.0 Å². The summed E-state index contributed by atoms with van der Waals surface area (Å²) in [5.41, 5.74) is 1.07. The molecule has 8 heteroatoms. The minimum Gasteiger partial charge on any atom is -0.491 e. The molecule has 0 saturated carbocycles. The Bertz CT molecular complexity index is 730. The first-order valence-electron chi connectivity index (χ1n) is 9.95. The summed E-state index contributed by atoms with van der Waals surface area (Å²) in [6.45, 7) is 4.89. The largest absolute Gasteiger partial charge is 0.491 e. The fourth-order valence-electron chi connectivity index (χ4n) is 3.17. The summed E-state index contributed by atoms with van der Waals surface area (Å²) in [6, 6.07) is 7.55. The molecule has 0 aromatic heterocycles. The number of sulfonamides is 1. The Kier molecular flexibility index (Phi) is 8.72. The van der Waals surface area contributed by atoms with Crippen LogP contribution >= 0.6 is 0 Å². The van der Waals surface area contributed by atoms with Crippen molar-refractivity contribution in [3.8, 4) is 5.75 Å². The molecular weight excluding hydrogens is 380 g/mol. The number of piperidine rings is 1. The summed E-state index contributed by atoms with van der Waals surface area (Å²) in [4.78, 5) is 12.3. The molecule has 0 spiro atoms. The number of nitrogens with zero attached hydrogens (tertiary/aromatic N) is 1. The first-order chi connectivity index (χ1) is 13.3. The van der Waals surface area contributed by atoms with Gasteiger partial charge in [0.15, 0.2) is 0 Å². The Labute approximate surface area is 168 Å². The lowest BCUT2D eigenvalue weighted by atomic mass is 9.97. The van der Waals surface area contributed by atoms with Gasteiger partial charge >= 0.3 is 0 Å². The second-order valence-electron chi connectivity index (χ2n) is 7.37. The van der Waals surface area contributed by atoms with E-state index in [0.717, 1.165) is 12.0 Å². The molecule has 0 bridgehead atoms. The van der Waals surface area contributed by atoms with Crippen molar-refractivity contribution >= 4 is 15.9 Å². The quantitative estimate of drug-likeness (QED) is 0.610. The van der Waals surface area contributed by atoms with Crippen LogP contribution in [0.15, 0.2) is 24.3 Å². The Hall–Kier alpha value is -1.64. The number of carbonyl (C=O) groups is 1. The van der Waals surface area contributed by atoms with Gasteiger partial charge in [-0.15, -0.1) is 0 Å². The van der Waals surface area contributed by atoms with E-state index in [1.165, 1.54) is 4.31 Å². The van der Waals surface area contributed by atoms with Crippen LogP contribution < -0.4 is 10.1 Å². The number of ether oxygens (including phenoxy) is 1. The van der Waals surface area contributed by atoms with Gasteiger partial charge in [0.2, 0.25) is 15.9 Å². The summed E-state index contributed by atoms with van der Waals surface area (Å²) >= 11 is 0. The van der Waals surface area contributed by atoms with Gasteiger partial charge in [-0.05, 0) is 43.9 Å². The van der Waals surface area contributed by atoms with E-state index in [2.05, 4.69) is 5.32 Å². The number of nitrogens with one attached hydrogen (secondary N) is 1. The van der Waals surface area contributed by atoms with Crippen molar-refractivity contribution in [3.63, 3.8) is 0 Å². The summed E-state index contributed by atoms with van der Waals surface area (Å²) < 4.78 is 31.5. The van der Waals surface area contributed by atoms with Crippen LogP contribution in [0.1, 0.15) is 38.2 Å². The summed E-state index contributed by atoms with van der Waals surface area (Å²) in [5, 5.41) is 12.8. The second kappa shape index (κ2) is 10.8. The molecule has 0 radical (unpaired) electrons. The molecule has 28 heavy (non-hydrogen) atoms. The van der Waals surface area contributed by atoms with Gasteiger partial charge in [0.25, 0.3) is 0 Å². The number of hydrogen-bond acceptors (Lipinski definition) is 5. The van der Waals surface area contributed by atoms with Crippen LogP contribution in [-0.2, 0) is 14.8 Å². The molecule has 2 N–H and O–H groups in total. The third-order valence-electron chi connectivity index (χ3n) is 4.92. The zero-order valence-electron chi connectivity index (χ0n) is 16.8. The molecule has 1 aromatic carbocycles. The summed E-state index contributed by atoms with van der Waals surface area (Å²) in [7, 11) is -3.21. The molecule has 0 aliphatic carbocycles. The predicted molar refractivity (Wildman–Crippen MR) is 109 cm³/mol. The van der Waals surface area contributed by atoms with Gasteiger partial charge < -0.3 is 15.2 Å². The van der Waals surface area contributed by atoms with E-state index in [0.29, 0.717) is 38.1 Å². The lowest BCUT2D eigenvalue weighted by Crippen LogP contribution is -2.45. The Morgan fingerprint density at radius 3 is 2.71 bits per heavy atom. The predicted octanol–water partition coefficient (Wildman–Crippen LogP) is 1.69. The highest BCUT2D eigenvalue weighted by Crippen LogP contribution is 2.20. The lowest BCUT2D eigenvalue weighted by molar-refractivity contribution is -0.126.